The molecule has 1 amide bonds. The first-order chi connectivity index (χ1) is 10.5. The van der Waals surface area contributed by atoms with Gasteiger partial charge in [0.2, 0.25) is 0 Å². The molecule has 1 rings (SSSR count). The zero-order valence-electron chi connectivity index (χ0n) is 13.3. The van der Waals surface area contributed by atoms with Gasteiger partial charge in [-0.05, 0) is 31.0 Å². The molecule has 0 spiro atoms. The van der Waals surface area contributed by atoms with E-state index in [0.29, 0.717) is 29.7 Å². The summed E-state index contributed by atoms with van der Waals surface area (Å²) in [6.07, 6.45) is 0.822. The van der Waals surface area contributed by atoms with E-state index in [1.54, 1.807) is 12.1 Å². The average molecular weight is 367 g/mol. The molecule has 0 fully saturated rings. The number of carbonyl (C=O) groups excluding carboxylic acids is 1. The number of ether oxygens (including phenoxy) is 2. The van der Waals surface area contributed by atoms with Crippen molar-refractivity contribution in [2.75, 3.05) is 19.8 Å². The van der Waals surface area contributed by atoms with Gasteiger partial charge in [-0.25, -0.2) is 0 Å². The molecule has 0 radical (unpaired) electrons. The quantitative estimate of drug-likeness (QED) is 0.587. The van der Waals surface area contributed by atoms with Gasteiger partial charge in [-0.1, -0.05) is 18.5 Å². The Morgan fingerprint density at radius 1 is 1.39 bits per heavy atom. The Morgan fingerprint density at radius 2 is 2.09 bits per heavy atom. The van der Waals surface area contributed by atoms with Crippen LogP contribution in [0, 0.1) is 0 Å². The number of halogens is 2. The smallest absolute Gasteiger partial charge is 0.255 e. The number of hydrogen-bond acceptors (Lipinski definition) is 5. The lowest BCUT2D eigenvalue weighted by Crippen LogP contribution is -2.31. The van der Waals surface area contributed by atoms with E-state index < -0.39 is 5.91 Å². The van der Waals surface area contributed by atoms with Crippen LogP contribution in [0.25, 0.3) is 0 Å². The number of nitrogens with one attached hydrogen (secondary N) is 1. The Balaban J connectivity index is 0.00000484. The molecule has 132 valence electrons. The Bertz CT molecular complexity index is 497. The number of amides is 1. The molecule has 1 unspecified atom stereocenters. The number of rotatable bonds is 10. The van der Waals surface area contributed by atoms with Crippen molar-refractivity contribution < 1.29 is 19.4 Å². The highest BCUT2D eigenvalue weighted by molar-refractivity contribution is 6.32. The van der Waals surface area contributed by atoms with Crippen molar-refractivity contribution in [1.82, 2.24) is 5.32 Å². The van der Waals surface area contributed by atoms with Gasteiger partial charge in [-0.3, -0.25) is 4.79 Å². The minimum atomic E-state index is -0.585. The molecular weight excluding hydrogens is 343 g/mol. The van der Waals surface area contributed by atoms with Gasteiger partial charge in [0, 0.05) is 12.6 Å². The third-order valence-electron chi connectivity index (χ3n) is 3.04. The summed E-state index contributed by atoms with van der Waals surface area (Å²) in [4.78, 5) is 10.8. The van der Waals surface area contributed by atoms with Gasteiger partial charge in [-0.15, -0.1) is 12.4 Å². The van der Waals surface area contributed by atoms with Gasteiger partial charge in [0.1, 0.15) is 0 Å². The molecule has 0 aliphatic carbocycles. The van der Waals surface area contributed by atoms with E-state index in [1.807, 2.05) is 13.8 Å². The first-order valence-corrected chi connectivity index (χ1v) is 7.60. The van der Waals surface area contributed by atoms with Crippen LogP contribution in [0.1, 0.15) is 25.8 Å². The molecule has 1 atom stereocenters. The normalized spacial score (nSPS) is 11.5. The van der Waals surface area contributed by atoms with Gasteiger partial charge in [-0.2, -0.15) is 0 Å². The highest BCUT2D eigenvalue weighted by atomic mass is 35.5. The summed E-state index contributed by atoms with van der Waals surface area (Å²) in [5.41, 5.74) is 5.97. The molecule has 6 nitrogen and oxygen atoms in total. The van der Waals surface area contributed by atoms with Crippen LogP contribution in [0.5, 0.6) is 11.5 Å². The zero-order valence-corrected chi connectivity index (χ0v) is 14.9. The van der Waals surface area contributed by atoms with Gasteiger partial charge in [0.25, 0.3) is 5.91 Å². The molecule has 0 saturated heterocycles. The van der Waals surface area contributed by atoms with Crippen LogP contribution in [0.15, 0.2) is 12.1 Å². The van der Waals surface area contributed by atoms with Gasteiger partial charge < -0.3 is 25.6 Å². The maximum Gasteiger partial charge on any atom is 0.255 e. The summed E-state index contributed by atoms with van der Waals surface area (Å²) in [7, 11) is 0. The summed E-state index contributed by atoms with van der Waals surface area (Å²) in [5.74, 6) is 0.184. The Labute approximate surface area is 147 Å². The largest absolute Gasteiger partial charge is 0.490 e. The fourth-order valence-corrected chi connectivity index (χ4v) is 2.16. The Kier molecular flexibility index (Phi) is 10.7. The van der Waals surface area contributed by atoms with Crippen LogP contribution in [0.4, 0.5) is 0 Å². The number of nitrogens with two attached hydrogens (primary N) is 1. The fraction of sp³-hybridized carbons (Fsp3) is 0.533. The predicted octanol–water partition coefficient (Wildman–Crippen LogP) is 1.89. The van der Waals surface area contributed by atoms with E-state index >= 15 is 0 Å². The van der Waals surface area contributed by atoms with Crippen LogP contribution in [0.3, 0.4) is 0 Å². The standard InChI is InChI=1S/C15H23ClN2O4.ClH/c1-3-11(8-19)18-7-10-5-12(16)15(22-9-14(17)20)13(6-10)21-4-2;/h5-6,11,18-19H,3-4,7-9H2,1-2H3,(H2,17,20);1H. The van der Waals surface area contributed by atoms with E-state index in [9.17, 15) is 9.90 Å². The van der Waals surface area contributed by atoms with Crippen molar-refractivity contribution in [2.24, 2.45) is 5.73 Å². The third-order valence-corrected chi connectivity index (χ3v) is 3.32. The number of hydrogen-bond donors (Lipinski definition) is 3. The molecule has 0 aliphatic heterocycles. The van der Waals surface area contributed by atoms with E-state index in [0.717, 1.165) is 12.0 Å². The van der Waals surface area contributed by atoms with Crippen molar-refractivity contribution in [3.63, 3.8) is 0 Å². The van der Waals surface area contributed by atoms with Gasteiger partial charge in [0.15, 0.2) is 18.1 Å². The molecule has 0 saturated carbocycles. The second-order valence-electron chi connectivity index (χ2n) is 4.76. The molecule has 4 N–H and O–H groups in total. The van der Waals surface area contributed by atoms with Crippen LogP contribution in [-0.4, -0.2) is 36.9 Å². The summed E-state index contributed by atoms with van der Waals surface area (Å²) in [6, 6.07) is 3.56. The molecule has 23 heavy (non-hydrogen) atoms. The molecule has 1 aromatic carbocycles. The second kappa shape index (κ2) is 11.3. The average Bonchev–Trinajstić information content (AvgIpc) is 2.47. The summed E-state index contributed by atoms with van der Waals surface area (Å²) < 4.78 is 10.8. The van der Waals surface area contributed by atoms with E-state index in [-0.39, 0.29) is 31.7 Å². The van der Waals surface area contributed by atoms with Crippen LogP contribution in [0.2, 0.25) is 5.02 Å². The SMILES string of the molecule is CCOc1cc(CNC(CC)CO)cc(Cl)c1OCC(N)=O.Cl. The van der Waals surface area contributed by atoms with Gasteiger partial charge >= 0.3 is 0 Å². The molecule has 0 bridgehead atoms. The maximum atomic E-state index is 10.8. The minimum Gasteiger partial charge on any atom is -0.490 e. The third kappa shape index (κ3) is 7.26. The monoisotopic (exact) mass is 366 g/mol. The number of aliphatic hydroxyl groups is 1. The van der Waals surface area contributed by atoms with E-state index in [4.69, 9.17) is 26.8 Å². The lowest BCUT2D eigenvalue weighted by atomic mass is 10.1. The van der Waals surface area contributed by atoms with Crippen molar-refractivity contribution >= 4 is 29.9 Å². The Hall–Kier alpha value is -1.21. The molecule has 1 aromatic rings. The molecule has 8 heteroatoms. The fourth-order valence-electron chi connectivity index (χ4n) is 1.87. The zero-order chi connectivity index (χ0) is 16.5. The van der Waals surface area contributed by atoms with Crippen LogP contribution >= 0.6 is 24.0 Å². The molecule has 0 aliphatic rings. The highest BCUT2D eigenvalue weighted by Gasteiger charge is 2.14. The van der Waals surface area contributed by atoms with Crippen molar-refractivity contribution in [3.8, 4) is 11.5 Å². The number of primary amides is 1. The molecular formula is C15H24Cl2N2O4. The lowest BCUT2D eigenvalue weighted by Gasteiger charge is -2.17. The minimum absolute atomic E-state index is 0. The maximum absolute atomic E-state index is 10.8. The van der Waals surface area contributed by atoms with Crippen molar-refractivity contribution in [2.45, 2.75) is 32.9 Å². The van der Waals surface area contributed by atoms with Crippen molar-refractivity contribution in [1.29, 1.82) is 0 Å². The molecule has 0 heterocycles. The second-order valence-corrected chi connectivity index (χ2v) is 5.17. The Morgan fingerprint density at radius 3 is 2.61 bits per heavy atom. The highest BCUT2D eigenvalue weighted by Crippen LogP contribution is 2.36. The van der Waals surface area contributed by atoms with Gasteiger partial charge in [0.05, 0.1) is 18.2 Å². The van der Waals surface area contributed by atoms with Crippen molar-refractivity contribution in [3.05, 3.63) is 22.7 Å². The summed E-state index contributed by atoms with van der Waals surface area (Å²) in [5, 5.41) is 12.8. The van der Waals surface area contributed by atoms with Crippen LogP contribution in [-0.2, 0) is 11.3 Å². The van der Waals surface area contributed by atoms with Crippen LogP contribution < -0.4 is 20.5 Å². The first-order valence-electron chi connectivity index (χ1n) is 7.22. The predicted molar refractivity (Wildman–Crippen MR) is 92.6 cm³/mol. The summed E-state index contributed by atoms with van der Waals surface area (Å²) in [6.45, 7) is 4.62. The number of carbonyl (C=O) groups is 1. The summed E-state index contributed by atoms with van der Waals surface area (Å²) >= 11 is 6.20. The molecule has 0 aromatic heterocycles. The first kappa shape index (κ1) is 21.8. The lowest BCUT2D eigenvalue weighted by molar-refractivity contribution is -0.119. The topological polar surface area (TPSA) is 93.8 Å². The number of benzene rings is 1. The van der Waals surface area contributed by atoms with E-state index in [2.05, 4.69) is 5.32 Å². The van der Waals surface area contributed by atoms with E-state index in [1.165, 1.54) is 0 Å². The number of aliphatic hydroxyl groups excluding tert-OH is 1.